The molecule has 180 valence electrons. The fourth-order valence-corrected chi connectivity index (χ4v) is 4.07. The van der Waals surface area contributed by atoms with Gasteiger partial charge in [-0.2, -0.15) is 5.10 Å². The number of nitrogens with one attached hydrogen (secondary N) is 3. The Morgan fingerprint density at radius 3 is 2.49 bits per heavy atom. The van der Waals surface area contributed by atoms with E-state index in [9.17, 15) is 14.4 Å². The van der Waals surface area contributed by atoms with Gasteiger partial charge < -0.3 is 9.15 Å². The number of hydrazine groups is 1. The summed E-state index contributed by atoms with van der Waals surface area (Å²) in [5.74, 6) is -0.188. The summed E-state index contributed by atoms with van der Waals surface area (Å²) >= 11 is 3.29. The lowest BCUT2D eigenvalue weighted by Crippen LogP contribution is -2.41. The standard InChI is InChI=1S/C24H22BrN5O5/c1-13-20-18(27-28-23(32)15-10-16(25)12-26-11-15)4-3-5-19(20)35-21(13)24(33)30-29-22(31)14-6-8-17(34-2)9-7-14/h6-12H,3-5H2,1-2H3,(H,28,32)(H,29,31)(H,30,33)/b27-18+. The van der Waals surface area contributed by atoms with Gasteiger partial charge in [-0.05, 0) is 66.0 Å². The first kappa shape index (κ1) is 24.1. The highest BCUT2D eigenvalue weighted by atomic mass is 79.9. The second kappa shape index (κ2) is 10.5. The second-order valence-corrected chi connectivity index (χ2v) is 8.65. The van der Waals surface area contributed by atoms with Gasteiger partial charge in [0.1, 0.15) is 11.5 Å². The summed E-state index contributed by atoms with van der Waals surface area (Å²) in [5, 5.41) is 4.29. The maximum Gasteiger partial charge on any atom is 0.305 e. The lowest BCUT2D eigenvalue weighted by molar-refractivity contribution is 0.0829. The van der Waals surface area contributed by atoms with Crippen LogP contribution in [0.4, 0.5) is 0 Å². The van der Waals surface area contributed by atoms with Crippen LogP contribution in [0.3, 0.4) is 0 Å². The van der Waals surface area contributed by atoms with Crippen LogP contribution in [-0.4, -0.2) is 35.5 Å². The molecule has 2 aromatic heterocycles. The lowest BCUT2D eigenvalue weighted by Gasteiger charge is -2.13. The lowest BCUT2D eigenvalue weighted by atomic mass is 9.93. The van der Waals surface area contributed by atoms with Gasteiger partial charge in [-0.25, -0.2) is 5.43 Å². The summed E-state index contributed by atoms with van der Waals surface area (Å²) in [6, 6.07) is 8.10. The summed E-state index contributed by atoms with van der Waals surface area (Å²) in [7, 11) is 1.53. The van der Waals surface area contributed by atoms with E-state index in [1.54, 1.807) is 43.5 Å². The molecule has 0 saturated heterocycles. The van der Waals surface area contributed by atoms with Gasteiger partial charge in [-0.15, -0.1) is 0 Å². The predicted octanol–water partition coefficient (Wildman–Crippen LogP) is 3.30. The topological polar surface area (TPSA) is 135 Å². The first-order chi connectivity index (χ1) is 16.9. The van der Waals surface area contributed by atoms with Crippen molar-refractivity contribution in [1.29, 1.82) is 0 Å². The molecule has 0 bridgehead atoms. The molecule has 1 aliphatic rings. The first-order valence-corrected chi connectivity index (χ1v) is 11.5. The van der Waals surface area contributed by atoms with Gasteiger partial charge >= 0.3 is 5.91 Å². The highest BCUT2D eigenvalue weighted by molar-refractivity contribution is 9.10. The first-order valence-electron chi connectivity index (χ1n) is 10.7. The second-order valence-electron chi connectivity index (χ2n) is 7.74. The molecule has 0 fully saturated rings. The molecule has 0 saturated carbocycles. The van der Waals surface area contributed by atoms with Gasteiger partial charge in [0.05, 0.1) is 18.4 Å². The van der Waals surface area contributed by atoms with Crippen molar-refractivity contribution in [3.8, 4) is 5.75 Å². The van der Waals surface area contributed by atoms with Gasteiger partial charge in [-0.3, -0.25) is 30.2 Å². The highest BCUT2D eigenvalue weighted by Gasteiger charge is 2.28. The van der Waals surface area contributed by atoms with Crippen LogP contribution >= 0.6 is 15.9 Å². The zero-order valence-corrected chi connectivity index (χ0v) is 20.6. The van der Waals surface area contributed by atoms with Gasteiger partial charge in [0.25, 0.3) is 11.8 Å². The van der Waals surface area contributed by atoms with Crippen molar-refractivity contribution in [3.05, 3.63) is 81.0 Å². The predicted molar refractivity (Wildman–Crippen MR) is 130 cm³/mol. The van der Waals surface area contributed by atoms with Crippen molar-refractivity contribution in [3.63, 3.8) is 0 Å². The molecule has 1 aliphatic carbocycles. The summed E-state index contributed by atoms with van der Waals surface area (Å²) in [5.41, 5.74) is 9.91. The maximum absolute atomic E-state index is 12.7. The van der Waals surface area contributed by atoms with Crippen molar-refractivity contribution < 1.29 is 23.5 Å². The molecule has 0 unspecified atom stereocenters. The molecular weight excluding hydrogens is 518 g/mol. The van der Waals surface area contributed by atoms with E-state index in [0.29, 0.717) is 56.8 Å². The summed E-state index contributed by atoms with van der Waals surface area (Å²) < 4.78 is 11.6. The minimum Gasteiger partial charge on any atom is -0.497 e. The quantitative estimate of drug-likeness (QED) is 0.425. The van der Waals surface area contributed by atoms with E-state index in [1.165, 1.54) is 13.3 Å². The Bertz CT molecular complexity index is 1320. The van der Waals surface area contributed by atoms with Crippen molar-refractivity contribution in [2.45, 2.75) is 26.2 Å². The Hall–Kier alpha value is -3.99. The Balaban J connectivity index is 1.46. The highest BCUT2D eigenvalue weighted by Crippen LogP contribution is 2.29. The van der Waals surface area contributed by atoms with E-state index in [4.69, 9.17) is 9.15 Å². The molecular formula is C24H22BrN5O5. The molecule has 10 nitrogen and oxygen atoms in total. The SMILES string of the molecule is COc1ccc(C(=O)NNC(=O)c2oc3c(c2C)/C(=N/NC(=O)c2cncc(Br)c2)CCC3)cc1. The maximum atomic E-state index is 12.7. The van der Waals surface area contributed by atoms with E-state index >= 15 is 0 Å². The number of rotatable bonds is 5. The number of pyridine rings is 1. The van der Waals surface area contributed by atoms with Crippen LogP contribution in [0.2, 0.25) is 0 Å². The number of carbonyl (C=O) groups excluding carboxylic acids is 3. The number of carbonyl (C=O) groups is 3. The number of halogens is 1. The van der Waals surface area contributed by atoms with E-state index in [1.807, 2.05) is 0 Å². The van der Waals surface area contributed by atoms with Gasteiger partial charge in [0, 0.05) is 40.0 Å². The van der Waals surface area contributed by atoms with Crippen LogP contribution in [0.25, 0.3) is 0 Å². The van der Waals surface area contributed by atoms with Crippen LogP contribution < -0.4 is 21.0 Å². The molecule has 4 rings (SSSR count). The average molecular weight is 540 g/mol. The number of fused-ring (bicyclic) bond motifs is 1. The Labute approximate surface area is 209 Å². The molecule has 0 radical (unpaired) electrons. The number of methoxy groups -OCH3 is 1. The van der Waals surface area contributed by atoms with E-state index in [0.717, 1.165) is 6.42 Å². The van der Waals surface area contributed by atoms with Gasteiger partial charge in [0.15, 0.2) is 5.76 Å². The summed E-state index contributed by atoms with van der Waals surface area (Å²) in [6.07, 6.45) is 5.02. The molecule has 1 aromatic carbocycles. The zero-order valence-electron chi connectivity index (χ0n) is 19.0. The summed E-state index contributed by atoms with van der Waals surface area (Å²) in [6.45, 7) is 1.74. The van der Waals surface area contributed by atoms with Crippen LogP contribution in [0, 0.1) is 6.92 Å². The van der Waals surface area contributed by atoms with Crippen molar-refractivity contribution in [2.75, 3.05) is 7.11 Å². The van der Waals surface area contributed by atoms with Crippen LogP contribution in [0.15, 0.2) is 56.7 Å². The largest absolute Gasteiger partial charge is 0.497 e. The summed E-state index contributed by atoms with van der Waals surface area (Å²) in [4.78, 5) is 41.5. The third-order valence-corrected chi connectivity index (χ3v) is 5.87. The number of amides is 3. The van der Waals surface area contributed by atoms with Gasteiger partial charge in [0.2, 0.25) is 0 Å². The van der Waals surface area contributed by atoms with Crippen LogP contribution in [0.1, 0.15) is 61.0 Å². The average Bonchev–Trinajstić information content (AvgIpc) is 3.22. The fraction of sp³-hybridized carbons (Fsp3) is 0.208. The molecule has 35 heavy (non-hydrogen) atoms. The number of ether oxygens (including phenoxy) is 1. The Kier molecular flexibility index (Phi) is 7.25. The number of hydrazone groups is 1. The smallest absolute Gasteiger partial charge is 0.305 e. The van der Waals surface area contributed by atoms with E-state index in [2.05, 4.69) is 42.3 Å². The molecule has 0 spiro atoms. The molecule has 0 atom stereocenters. The van der Waals surface area contributed by atoms with Crippen molar-refractivity contribution in [1.82, 2.24) is 21.3 Å². The molecule has 3 aromatic rings. The molecule has 2 heterocycles. The minimum atomic E-state index is -0.595. The van der Waals surface area contributed by atoms with Crippen LogP contribution in [-0.2, 0) is 6.42 Å². The fourth-order valence-electron chi connectivity index (χ4n) is 3.70. The Morgan fingerprint density at radius 1 is 1.03 bits per heavy atom. The third-order valence-electron chi connectivity index (χ3n) is 5.43. The Morgan fingerprint density at radius 2 is 1.77 bits per heavy atom. The number of benzene rings is 1. The molecule has 3 N–H and O–H groups in total. The monoisotopic (exact) mass is 539 g/mol. The number of aryl methyl sites for hydroxylation is 1. The van der Waals surface area contributed by atoms with E-state index < -0.39 is 17.7 Å². The number of hydrogen-bond donors (Lipinski definition) is 3. The van der Waals surface area contributed by atoms with Crippen molar-refractivity contribution in [2.24, 2.45) is 5.10 Å². The number of furan rings is 1. The minimum absolute atomic E-state index is 0.0714. The zero-order chi connectivity index (χ0) is 24.9. The number of aromatic nitrogens is 1. The number of hydrogen-bond acceptors (Lipinski definition) is 7. The normalized spacial score (nSPS) is 13.6. The van der Waals surface area contributed by atoms with Gasteiger partial charge in [-0.1, -0.05) is 0 Å². The van der Waals surface area contributed by atoms with Crippen LogP contribution in [0.5, 0.6) is 5.75 Å². The van der Waals surface area contributed by atoms with E-state index in [-0.39, 0.29) is 5.76 Å². The van der Waals surface area contributed by atoms with Crippen molar-refractivity contribution >= 4 is 39.4 Å². The molecule has 11 heteroatoms. The third kappa shape index (κ3) is 5.40. The number of nitrogens with zero attached hydrogens (tertiary/aromatic N) is 2. The molecule has 3 amide bonds. The molecule has 0 aliphatic heterocycles.